The molecule has 1 amide bonds. The van der Waals surface area contributed by atoms with Crippen LogP contribution in [0.1, 0.15) is 21.5 Å². The molecule has 0 spiro atoms. The third kappa shape index (κ3) is 2.92. The highest BCUT2D eigenvalue weighted by molar-refractivity contribution is 7.10. The van der Waals surface area contributed by atoms with Gasteiger partial charge < -0.3 is 14.2 Å². The highest BCUT2D eigenvalue weighted by Gasteiger charge is 2.52. The van der Waals surface area contributed by atoms with E-state index < -0.39 is 29.4 Å². The van der Waals surface area contributed by atoms with Crippen molar-refractivity contribution < 1.29 is 18.8 Å². The van der Waals surface area contributed by atoms with Crippen LogP contribution in [0.25, 0.3) is 0 Å². The van der Waals surface area contributed by atoms with E-state index in [1.165, 1.54) is 28.6 Å². The molecule has 2 aromatic heterocycles. The third-order valence-corrected chi connectivity index (χ3v) is 5.02. The number of ketones is 2. The predicted molar refractivity (Wildman–Crippen MR) is 88.9 cm³/mol. The van der Waals surface area contributed by atoms with E-state index in [-0.39, 0.29) is 5.76 Å². The van der Waals surface area contributed by atoms with E-state index in [1.807, 2.05) is 36.5 Å². The van der Waals surface area contributed by atoms with Crippen LogP contribution >= 0.6 is 11.3 Å². The molecule has 2 aromatic rings. The van der Waals surface area contributed by atoms with Crippen molar-refractivity contribution in [3.8, 4) is 0 Å². The maximum absolute atomic E-state index is 12.8. The van der Waals surface area contributed by atoms with Crippen molar-refractivity contribution in [1.82, 2.24) is 9.80 Å². The van der Waals surface area contributed by atoms with Gasteiger partial charge in [-0.15, -0.1) is 11.3 Å². The molecule has 0 saturated carbocycles. The lowest BCUT2D eigenvalue weighted by molar-refractivity contribution is -0.140. The minimum atomic E-state index is -1.05. The van der Waals surface area contributed by atoms with Crippen molar-refractivity contribution in [1.29, 1.82) is 0 Å². The number of thiophene rings is 1. The first kappa shape index (κ1) is 16.6. The lowest BCUT2D eigenvalue weighted by atomic mass is 9.92. The summed E-state index contributed by atoms with van der Waals surface area (Å²) in [6.45, 7) is 1.00. The van der Waals surface area contributed by atoms with Crippen LogP contribution in [0.15, 0.2) is 40.3 Å². The molecule has 0 aromatic carbocycles. The quantitative estimate of drug-likeness (QED) is 0.453. The zero-order valence-corrected chi connectivity index (χ0v) is 14.3. The summed E-state index contributed by atoms with van der Waals surface area (Å²) >= 11 is 1.44. The number of hydrogen-bond acceptors (Lipinski definition) is 6. The third-order valence-electron chi connectivity index (χ3n) is 4.07. The van der Waals surface area contributed by atoms with Crippen molar-refractivity contribution in [3.05, 3.63) is 46.5 Å². The summed E-state index contributed by atoms with van der Waals surface area (Å²) < 4.78 is 5.15. The maximum atomic E-state index is 12.8. The molecule has 3 heterocycles. The number of carbonyl (C=O) groups is 3. The molecule has 1 fully saturated rings. The van der Waals surface area contributed by atoms with Gasteiger partial charge in [0.2, 0.25) is 11.6 Å². The van der Waals surface area contributed by atoms with E-state index in [2.05, 4.69) is 0 Å². The summed E-state index contributed by atoms with van der Waals surface area (Å²) in [4.78, 5) is 42.1. The van der Waals surface area contributed by atoms with Crippen LogP contribution in [0, 0.1) is 5.92 Å². The Morgan fingerprint density at radius 3 is 2.67 bits per heavy atom. The van der Waals surface area contributed by atoms with Gasteiger partial charge in [0.25, 0.3) is 5.91 Å². The first-order valence-electron chi connectivity index (χ1n) is 7.61. The van der Waals surface area contributed by atoms with Gasteiger partial charge in [-0.2, -0.15) is 0 Å². The Morgan fingerprint density at radius 1 is 1.29 bits per heavy atom. The van der Waals surface area contributed by atoms with Crippen LogP contribution in [0.5, 0.6) is 0 Å². The Balaban J connectivity index is 1.98. The molecule has 126 valence electrons. The van der Waals surface area contributed by atoms with E-state index in [9.17, 15) is 14.4 Å². The SMILES string of the molecule is CN(C)CCN1C(=O)C(=O)C(C(=O)c2ccco2)C1c1cccs1. The smallest absolute Gasteiger partial charge is 0.291 e. The Labute approximate surface area is 143 Å². The number of nitrogens with zero attached hydrogens (tertiary/aromatic N) is 2. The zero-order valence-electron chi connectivity index (χ0n) is 13.5. The second kappa shape index (κ2) is 6.70. The standard InChI is InChI=1S/C17H18N2O4S/c1-18(2)7-8-19-14(12-6-4-10-24-12)13(16(21)17(19)22)15(20)11-5-3-9-23-11/h3-6,9-10,13-14H,7-8H2,1-2H3. The van der Waals surface area contributed by atoms with Crippen LogP contribution < -0.4 is 0 Å². The molecule has 1 aliphatic rings. The lowest BCUT2D eigenvalue weighted by Crippen LogP contribution is -2.35. The Kier molecular flexibility index (Phi) is 4.64. The van der Waals surface area contributed by atoms with Gasteiger partial charge in [0.1, 0.15) is 5.92 Å². The lowest BCUT2D eigenvalue weighted by Gasteiger charge is -2.26. The zero-order chi connectivity index (χ0) is 17.3. The molecule has 7 heteroatoms. The first-order chi connectivity index (χ1) is 11.5. The van der Waals surface area contributed by atoms with Gasteiger partial charge in [-0.3, -0.25) is 14.4 Å². The number of amides is 1. The van der Waals surface area contributed by atoms with Crippen LogP contribution in [0.3, 0.4) is 0 Å². The second-order valence-electron chi connectivity index (χ2n) is 5.95. The molecular formula is C17H18N2O4S. The van der Waals surface area contributed by atoms with Crippen molar-refractivity contribution in [3.63, 3.8) is 0 Å². The maximum Gasteiger partial charge on any atom is 0.291 e. The average Bonchev–Trinajstić information content (AvgIpc) is 3.27. The fourth-order valence-electron chi connectivity index (χ4n) is 2.88. The van der Waals surface area contributed by atoms with E-state index in [0.29, 0.717) is 13.1 Å². The fraction of sp³-hybridized carbons (Fsp3) is 0.353. The molecule has 3 rings (SSSR count). The molecule has 2 atom stereocenters. The second-order valence-corrected chi connectivity index (χ2v) is 6.92. The van der Waals surface area contributed by atoms with Crippen LogP contribution in [0.2, 0.25) is 0 Å². The number of rotatable bonds is 6. The normalized spacial score (nSPS) is 21.0. The van der Waals surface area contributed by atoms with Gasteiger partial charge in [-0.05, 0) is 37.7 Å². The van der Waals surface area contributed by atoms with Gasteiger partial charge >= 0.3 is 0 Å². The van der Waals surface area contributed by atoms with Crippen LogP contribution in [0.4, 0.5) is 0 Å². The number of Topliss-reactive ketones (excluding diaryl/α,β-unsaturated/α-hetero) is 2. The summed E-state index contributed by atoms with van der Waals surface area (Å²) in [5.74, 6) is -2.64. The Hall–Kier alpha value is -2.25. The summed E-state index contributed by atoms with van der Waals surface area (Å²) in [5.41, 5.74) is 0. The Bertz CT molecular complexity index is 737. The minimum absolute atomic E-state index is 0.108. The number of hydrogen-bond donors (Lipinski definition) is 0. The highest BCUT2D eigenvalue weighted by Crippen LogP contribution is 2.39. The molecule has 24 heavy (non-hydrogen) atoms. The van der Waals surface area contributed by atoms with Crippen molar-refractivity contribution in [2.45, 2.75) is 6.04 Å². The van der Waals surface area contributed by atoms with Gasteiger partial charge in [0.05, 0.1) is 12.3 Å². The molecule has 1 aliphatic heterocycles. The van der Waals surface area contributed by atoms with Gasteiger partial charge in [-0.25, -0.2) is 0 Å². The molecular weight excluding hydrogens is 328 g/mol. The fourth-order valence-corrected chi connectivity index (χ4v) is 3.76. The summed E-state index contributed by atoms with van der Waals surface area (Å²) in [6.07, 6.45) is 1.39. The van der Waals surface area contributed by atoms with Crippen LogP contribution in [-0.2, 0) is 9.59 Å². The number of likely N-dealkylation sites (tertiary alicyclic amines) is 1. The highest BCUT2D eigenvalue weighted by atomic mass is 32.1. The first-order valence-corrected chi connectivity index (χ1v) is 8.49. The summed E-state index contributed by atoms with van der Waals surface area (Å²) in [5, 5.41) is 1.88. The average molecular weight is 346 g/mol. The van der Waals surface area contributed by atoms with Gasteiger partial charge in [0, 0.05) is 18.0 Å². The Morgan fingerprint density at radius 2 is 2.08 bits per heavy atom. The monoisotopic (exact) mass is 346 g/mol. The van der Waals surface area contributed by atoms with Crippen molar-refractivity contribution in [2.75, 3.05) is 27.2 Å². The molecule has 0 radical (unpaired) electrons. The van der Waals surface area contributed by atoms with E-state index >= 15 is 0 Å². The van der Waals surface area contributed by atoms with E-state index in [0.717, 1.165) is 4.88 Å². The van der Waals surface area contributed by atoms with E-state index in [4.69, 9.17) is 4.42 Å². The van der Waals surface area contributed by atoms with E-state index in [1.54, 1.807) is 6.07 Å². The predicted octanol–water partition coefficient (Wildman–Crippen LogP) is 1.85. The molecule has 0 N–H and O–H groups in total. The molecule has 1 saturated heterocycles. The van der Waals surface area contributed by atoms with Gasteiger partial charge in [-0.1, -0.05) is 6.07 Å². The molecule has 0 bridgehead atoms. The van der Waals surface area contributed by atoms with Crippen molar-refractivity contribution >= 4 is 28.8 Å². The number of likely N-dealkylation sites (N-methyl/N-ethyl adjacent to an activating group) is 1. The van der Waals surface area contributed by atoms with Crippen LogP contribution in [-0.4, -0.2) is 54.5 Å². The molecule has 0 aliphatic carbocycles. The summed E-state index contributed by atoms with van der Waals surface area (Å²) in [7, 11) is 3.79. The number of furan rings is 1. The topological polar surface area (TPSA) is 70.8 Å². The van der Waals surface area contributed by atoms with Crippen molar-refractivity contribution in [2.24, 2.45) is 5.92 Å². The largest absolute Gasteiger partial charge is 0.461 e. The van der Waals surface area contributed by atoms with Gasteiger partial charge in [0.15, 0.2) is 5.76 Å². The summed E-state index contributed by atoms with van der Waals surface area (Å²) in [6, 6.07) is 6.26. The number of carbonyl (C=O) groups excluding carboxylic acids is 3. The molecule has 2 unspecified atom stereocenters. The molecule has 6 nitrogen and oxygen atoms in total. The minimum Gasteiger partial charge on any atom is -0.461 e.